The smallest absolute Gasteiger partial charge is 0.256 e. The fraction of sp³-hybridized carbons (Fsp3) is 0.636. The molecule has 1 aliphatic rings. The Balaban J connectivity index is 1.96. The van der Waals surface area contributed by atoms with Crippen molar-refractivity contribution in [1.82, 2.24) is 15.1 Å². The van der Waals surface area contributed by atoms with Crippen LogP contribution >= 0.6 is 0 Å². The van der Waals surface area contributed by atoms with Gasteiger partial charge in [0.2, 0.25) is 0 Å². The monoisotopic (exact) mass is 238 g/mol. The maximum Gasteiger partial charge on any atom is 0.256 e. The molecular formula is C11H18N4O2. The third kappa shape index (κ3) is 2.41. The number of methoxy groups -OCH3 is 1. The van der Waals surface area contributed by atoms with Crippen molar-refractivity contribution in [3.05, 3.63) is 11.8 Å². The zero-order chi connectivity index (χ0) is 12.4. The molecule has 6 heteroatoms. The van der Waals surface area contributed by atoms with Gasteiger partial charge in [0.1, 0.15) is 11.4 Å². The Kier molecular flexibility index (Phi) is 3.33. The summed E-state index contributed by atoms with van der Waals surface area (Å²) in [6, 6.07) is 0.173. The van der Waals surface area contributed by atoms with Crippen LogP contribution in [0.25, 0.3) is 0 Å². The lowest BCUT2D eigenvalue weighted by Crippen LogP contribution is -2.33. The van der Waals surface area contributed by atoms with Crippen LogP contribution in [0, 0.1) is 0 Å². The minimum absolute atomic E-state index is 0.155. The minimum Gasteiger partial charge on any atom is -0.383 e. The largest absolute Gasteiger partial charge is 0.383 e. The van der Waals surface area contributed by atoms with Gasteiger partial charge in [0.15, 0.2) is 0 Å². The summed E-state index contributed by atoms with van der Waals surface area (Å²) < 4.78 is 6.75. The van der Waals surface area contributed by atoms with E-state index in [-0.39, 0.29) is 18.1 Å². The highest BCUT2D eigenvalue weighted by Crippen LogP contribution is 2.22. The average molecular weight is 238 g/mol. The SMILES string of the molecule is COC1CCC(NC(=O)c2cnn(C)c2N)C1. The highest BCUT2D eigenvalue weighted by Gasteiger charge is 2.26. The standard InChI is InChI=1S/C11H18N4O2/c1-15-10(12)9(6-13-15)11(16)14-7-3-4-8(5-7)17-2/h6-8H,3-5,12H2,1-2H3,(H,14,16). The molecule has 94 valence electrons. The van der Waals surface area contributed by atoms with Crippen molar-refractivity contribution in [3.63, 3.8) is 0 Å². The number of nitrogens with zero attached hydrogens (tertiary/aromatic N) is 2. The van der Waals surface area contributed by atoms with Crippen LogP contribution in [-0.4, -0.2) is 34.9 Å². The second-order valence-electron chi connectivity index (χ2n) is 4.41. The third-order valence-corrected chi connectivity index (χ3v) is 3.28. The first-order valence-corrected chi connectivity index (χ1v) is 5.73. The van der Waals surface area contributed by atoms with Crippen molar-refractivity contribution in [2.24, 2.45) is 7.05 Å². The Morgan fingerprint density at radius 2 is 2.41 bits per heavy atom. The fourth-order valence-corrected chi connectivity index (χ4v) is 2.17. The van der Waals surface area contributed by atoms with Gasteiger partial charge >= 0.3 is 0 Å². The van der Waals surface area contributed by atoms with E-state index in [1.807, 2.05) is 0 Å². The summed E-state index contributed by atoms with van der Waals surface area (Å²) in [5.41, 5.74) is 6.18. The Morgan fingerprint density at radius 1 is 1.65 bits per heavy atom. The van der Waals surface area contributed by atoms with E-state index >= 15 is 0 Å². The van der Waals surface area contributed by atoms with Gasteiger partial charge in [-0.1, -0.05) is 0 Å². The average Bonchev–Trinajstić information content (AvgIpc) is 2.88. The number of anilines is 1. The molecule has 0 saturated heterocycles. The van der Waals surface area contributed by atoms with Crippen molar-refractivity contribution in [2.45, 2.75) is 31.4 Å². The van der Waals surface area contributed by atoms with Gasteiger partial charge < -0.3 is 15.8 Å². The van der Waals surface area contributed by atoms with Gasteiger partial charge in [-0.3, -0.25) is 9.48 Å². The summed E-state index contributed by atoms with van der Waals surface area (Å²) in [6.45, 7) is 0. The molecule has 17 heavy (non-hydrogen) atoms. The number of amides is 1. The molecule has 6 nitrogen and oxygen atoms in total. The molecule has 2 unspecified atom stereocenters. The molecule has 2 atom stereocenters. The molecule has 2 rings (SSSR count). The van der Waals surface area contributed by atoms with Gasteiger partial charge in [-0.15, -0.1) is 0 Å². The number of nitrogens with two attached hydrogens (primary N) is 1. The van der Waals surface area contributed by atoms with Crippen molar-refractivity contribution < 1.29 is 9.53 Å². The Bertz CT molecular complexity index is 416. The molecule has 0 aliphatic heterocycles. The molecule has 1 saturated carbocycles. The molecule has 1 heterocycles. The van der Waals surface area contributed by atoms with Crippen LogP contribution < -0.4 is 11.1 Å². The van der Waals surface area contributed by atoms with E-state index in [4.69, 9.17) is 10.5 Å². The van der Waals surface area contributed by atoms with Crippen LogP contribution in [0.5, 0.6) is 0 Å². The van der Waals surface area contributed by atoms with Crippen LogP contribution in [-0.2, 0) is 11.8 Å². The summed E-state index contributed by atoms with van der Waals surface area (Å²) >= 11 is 0. The highest BCUT2D eigenvalue weighted by molar-refractivity contribution is 5.98. The van der Waals surface area contributed by atoms with Gasteiger partial charge in [-0.05, 0) is 19.3 Å². The number of aryl methyl sites for hydroxylation is 1. The topological polar surface area (TPSA) is 82.2 Å². The lowest BCUT2D eigenvalue weighted by Gasteiger charge is -2.12. The first-order valence-electron chi connectivity index (χ1n) is 5.73. The molecule has 0 spiro atoms. The minimum atomic E-state index is -0.155. The summed E-state index contributed by atoms with van der Waals surface area (Å²) in [5, 5.41) is 6.91. The second-order valence-corrected chi connectivity index (χ2v) is 4.41. The zero-order valence-corrected chi connectivity index (χ0v) is 10.1. The highest BCUT2D eigenvalue weighted by atomic mass is 16.5. The molecule has 3 N–H and O–H groups in total. The molecule has 1 aliphatic carbocycles. The maximum atomic E-state index is 11.9. The maximum absolute atomic E-state index is 11.9. The summed E-state index contributed by atoms with van der Waals surface area (Å²) in [7, 11) is 3.41. The van der Waals surface area contributed by atoms with Crippen molar-refractivity contribution >= 4 is 11.7 Å². The fourth-order valence-electron chi connectivity index (χ4n) is 2.17. The predicted octanol–water partition coefficient (Wildman–Crippen LogP) is 0.300. The Morgan fingerprint density at radius 3 is 2.94 bits per heavy atom. The van der Waals surface area contributed by atoms with Crippen molar-refractivity contribution in [2.75, 3.05) is 12.8 Å². The number of nitrogens with one attached hydrogen (secondary N) is 1. The summed E-state index contributed by atoms with van der Waals surface area (Å²) in [4.78, 5) is 11.9. The van der Waals surface area contributed by atoms with Gasteiger partial charge in [0.05, 0.1) is 12.3 Å². The number of aromatic nitrogens is 2. The summed E-state index contributed by atoms with van der Waals surface area (Å²) in [5.74, 6) is 0.237. The number of rotatable bonds is 3. The second kappa shape index (κ2) is 4.75. The van der Waals surface area contributed by atoms with E-state index in [1.54, 1.807) is 14.2 Å². The van der Waals surface area contributed by atoms with Gasteiger partial charge in [0, 0.05) is 20.2 Å². The van der Waals surface area contributed by atoms with E-state index in [1.165, 1.54) is 10.9 Å². The Hall–Kier alpha value is -1.56. The lowest BCUT2D eigenvalue weighted by molar-refractivity contribution is 0.0916. The first kappa shape index (κ1) is 11.9. The van der Waals surface area contributed by atoms with Crippen molar-refractivity contribution in [1.29, 1.82) is 0 Å². The number of carbonyl (C=O) groups excluding carboxylic acids is 1. The molecule has 1 aromatic rings. The molecule has 1 fully saturated rings. The molecule has 1 aromatic heterocycles. The van der Waals surface area contributed by atoms with Crippen LogP contribution in [0.2, 0.25) is 0 Å². The van der Waals surface area contributed by atoms with E-state index < -0.39 is 0 Å². The number of hydrogen-bond donors (Lipinski definition) is 2. The third-order valence-electron chi connectivity index (χ3n) is 3.28. The molecule has 0 bridgehead atoms. The number of hydrogen-bond acceptors (Lipinski definition) is 4. The van der Waals surface area contributed by atoms with E-state index in [0.717, 1.165) is 19.3 Å². The summed E-state index contributed by atoms with van der Waals surface area (Å²) in [6.07, 6.45) is 4.55. The zero-order valence-electron chi connectivity index (χ0n) is 10.1. The number of nitrogen functional groups attached to an aromatic ring is 1. The van der Waals surface area contributed by atoms with E-state index in [2.05, 4.69) is 10.4 Å². The van der Waals surface area contributed by atoms with Crippen LogP contribution in [0.15, 0.2) is 6.20 Å². The normalized spacial score (nSPS) is 23.9. The van der Waals surface area contributed by atoms with E-state index in [9.17, 15) is 4.79 Å². The first-order chi connectivity index (χ1) is 8.11. The van der Waals surface area contributed by atoms with Gasteiger partial charge in [0.25, 0.3) is 5.91 Å². The molecular weight excluding hydrogens is 220 g/mol. The van der Waals surface area contributed by atoms with Crippen LogP contribution in [0.4, 0.5) is 5.82 Å². The molecule has 1 amide bonds. The predicted molar refractivity (Wildman–Crippen MR) is 63.5 cm³/mol. The molecule has 0 radical (unpaired) electrons. The van der Waals surface area contributed by atoms with Gasteiger partial charge in [-0.2, -0.15) is 5.10 Å². The van der Waals surface area contributed by atoms with Crippen molar-refractivity contribution in [3.8, 4) is 0 Å². The van der Waals surface area contributed by atoms with Gasteiger partial charge in [-0.25, -0.2) is 0 Å². The quantitative estimate of drug-likeness (QED) is 0.793. The number of carbonyl (C=O) groups is 1. The molecule has 0 aromatic carbocycles. The lowest BCUT2D eigenvalue weighted by atomic mass is 10.2. The van der Waals surface area contributed by atoms with Crippen LogP contribution in [0.3, 0.4) is 0 Å². The Labute approximate surface area is 100 Å². The van der Waals surface area contributed by atoms with E-state index in [0.29, 0.717) is 11.4 Å². The van der Waals surface area contributed by atoms with Crippen LogP contribution in [0.1, 0.15) is 29.6 Å². The number of ether oxygens (including phenoxy) is 1.